The minimum Gasteiger partial charge on any atom is -0.406 e. The average molecular weight is 454 g/mol. The summed E-state index contributed by atoms with van der Waals surface area (Å²) >= 11 is 5.95. The topological polar surface area (TPSA) is 45.7 Å². The molecule has 0 aliphatic carbocycles. The van der Waals surface area contributed by atoms with Crippen LogP contribution < -0.4 is 9.64 Å². The molecule has 0 bridgehead atoms. The van der Waals surface area contributed by atoms with E-state index >= 15 is 0 Å². The van der Waals surface area contributed by atoms with E-state index in [0.29, 0.717) is 6.20 Å². The van der Waals surface area contributed by atoms with E-state index in [4.69, 9.17) is 11.6 Å². The van der Waals surface area contributed by atoms with Crippen LogP contribution in [0.25, 0.3) is 0 Å². The number of halogens is 7. The van der Waals surface area contributed by atoms with Gasteiger partial charge in [-0.25, -0.2) is 4.98 Å². The number of aromatic nitrogens is 1. The summed E-state index contributed by atoms with van der Waals surface area (Å²) < 4.78 is 78.6. The highest BCUT2D eigenvalue weighted by atomic mass is 35.5. The van der Waals surface area contributed by atoms with Gasteiger partial charge in [0.2, 0.25) is 0 Å². The predicted molar refractivity (Wildman–Crippen MR) is 95.5 cm³/mol. The lowest BCUT2D eigenvalue weighted by molar-refractivity contribution is -0.274. The number of hydrogen-bond donors (Lipinski definition) is 0. The molecule has 2 aromatic rings. The van der Waals surface area contributed by atoms with Crippen LogP contribution in [0.15, 0.2) is 36.5 Å². The molecule has 0 saturated carbocycles. The van der Waals surface area contributed by atoms with E-state index in [1.807, 2.05) is 0 Å². The minimum atomic E-state index is -4.82. The van der Waals surface area contributed by atoms with Crippen molar-refractivity contribution in [2.45, 2.75) is 12.5 Å². The third-order valence-electron chi connectivity index (χ3n) is 4.35. The van der Waals surface area contributed by atoms with Crippen LogP contribution in [0.2, 0.25) is 5.02 Å². The third-order valence-corrected chi connectivity index (χ3v) is 4.63. The van der Waals surface area contributed by atoms with Crippen LogP contribution in [0.4, 0.5) is 32.2 Å². The zero-order valence-corrected chi connectivity index (χ0v) is 15.9. The standard InChI is InChI=1S/C18H14ClF6N3O2/c19-14-9-12(17(20,21)22)10-26-15(14)27-5-7-28(8-6-27)16(29)11-1-3-13(4-2-11)30-18(23,24)25/h1-4,9-10H,5-8H2. The normalized spacial score (nSPS) is 15.3. The number of benzene rings is 1. The molecular weight excluding hydrogens is 440 g/mol. The maximum Gasteiger partial charge on any atom is 0.573 e. The SMILES string of the molecule is O=C(c1ccc(OC(F)(F)F)cc1)N1CCN(c2ncc(C(F)(F)F)cc2Cl)CC1. The van der Waals surface area contributed by atoms with Crippen LogP contribution in [-0.4, -0.2) is 48.3 Å². The number of carbonyl (C=O) groups excluding carboxylic acids is 1. The minimum absolute atomic E-state index is 0.148. The second kappa shape index (κ2) is 8.21. The summed E-state index contributed by atoms with van der Waals surface area (Å²) in [7, 11) is 0. The molecule has 0 unspecified atom stereocenters. The van der Waals surface area contributed by atoms with Gasteiger partial charge in [-0.1, -0.05) is 11.6 Å². The Morgan fingerprint density at radius 2 is 1.60 bits per heavy atom. The molecule has 0 N–H and O–H groups in total. The Morgan fingerprint density at radius 3 is 2.10 bits per heavy atom. The molecule has 0 atom stereocenters. The van der Waals surface area contributed by atoms with Crippen molar-refractivity contribution < 1.29 is 35.9 Å². The van der Waals surface area contributed by atoms with Crippen molar-refractivity contribution in [1.29, 1.82) is 0 Å². The zero-order valence-electron chi connectivity index (χ0n) is 15.1. The molecule has 1 saturated heterocycles. The number of amides is 1. The molecule has 162 valence electrons. The molecule has 1 fully saturated rings. The van der Waals surface area contributed by atoms with Gasteiger partial charge in [0.05, 0.1) is 10.6 Å². The highest BCUT2D eigenvalue weighted by molar-refractivity contribution is 6.33. The molecule has 2 heterocycles. The Balaban J connectivity index is 1.62. The summed E-state index contributed by atoms with van der Waals surface area (Å²) in [6.07, 6.45) is -8.68. The number of alkyl halides is 6. The largest absolute Gasteiger partial charge is 0.573 e. The molecule has 1 aromatic carbocycles. The van der Waals surface area contributed by atoms with Gasteiger partial charge in [-0.3, -0.25) is 4.79 Å². The number of anilines is 1. The number of carbonyl (C=O) groups is 1. The van der Waals surface area contributed by atoms with Crippen LogP contribution in [0, 0.1) is 0 Å². The van der Waals surface area contributed by atoms with Gasteiger partial charge in [0, 0.05) is 37.9 Å². The van der Waals surface area contributed by atoms with Crippen molar-refractivity contribution in [1.82, 2.24) is 9.88 Å². The molecule has 1 aliphatic heterocycles. The van der Waals surface area contributed by atoms with E-state index in [0.717, 1.165) is 18.2 Å². The van der Waals surface area contributed by atoms with Crippen molar-refractivity contribution in [2.75, 3.05) is 31.1 Å². The molecular formula is C18H14ClF6N3O2. The van der Waals surface area contributed by atoms with Gasteiger partial charge in [0.1, 0.15) is 11.6 Å². The van der Waals surface area contributed by atoms with Crippen LogP contribution in [0.1, 0.15) is 15.9 Å². The molecule has 12 heteroatoms. The first kappa shape index (κ1) is 22.0. The summed E-state index contributed by atoms with van der Waals surface area (Å²) in [5.41, 5.74) is -0.772. The Morgan fingerprint density at radius 1 is 1.00 bits per heavy atom. The summed E-state index contributed by atoms with van der Waals surface area (Å²) in [6, 6.07) is 5.34. The second-order valence-corrected chi connectivity index (χ2v) is 6.79. The molecule has 30 heavy (non-hydrogen) atoms. The number of piperazine rings is 1. The molecule has 3 rings (SSSR count). The maximum absolute atomic E-state index is 12.7. The Hall–Kier alpha value is -2.69. The molecule has 0 spiro atoms. The van der Waals surface area contributed by atoms with Crippen molar-refractivity contribution >= 4 is 23.3 Å². The number of rotatable bonds is 3. The summed E-state index contributed by atoms with van der Waals surface area (Å²) in [6.45, 7) is 1.02. The number of ether oxygens (including phenoxy) is 1. The third kappa shape index (κ3) is 5.26. The van der Waals surface area contributed by atoms with Gasteiger partial charge in [-0.2, -0.15) is 13.2 Å². The van der Waals surface area contributed by atoms with Gasteiger partial charge >= 0.3 is 12.5 Å². The summed E-state index contributed by atoms with van der Waals surface area (Å²) in [4.78, 5) is 19.5. The van der Waals surface area contributed by atoms with Gasteiger partial charge in [-0.05, 0) is 30.3 Å². The second-order valence-electron chi connectivity index (χ2n) is 6.38. The molecule has 1 amide bonds. The van der Waals surface area contributed by atoms with E-state index in [1.165, 1.54) is 17.0 Å². The molecule has 0 radical (unpaired) electrons. The van der Waals surface area contributed by atoms with Gasteiger partial charge in [0.15, 0.2) is 0 Å². The predicted octanol–water partition coefficient (Wildman–Crippen LogP) is 4.61. The molecule has 5 nitrogen and oxygen atoms in total. The highest BCUT2D eigenvalue weighted by Crippen LogP contribution is 2.33. The lowest BCUT2D eigenvalue weighted by atomic mass is 10.1. The van der Waals surface area contributed by atoms with Gasteiger partial charge < -0.3 is 14.5 Å². The zero-order chi connectivity index (χ0) is 22.1. The first-order valence-electron chi connectivity index (χ1n) is 8.57. The first-order valence-corrected chi connectivity index (χ1v) is 8.94. The monoisotopic (exact) mass is 453 g/mol. The Kier molecular flexibility index (Phi) is 6.02. The quantitative estimate of drug-likeness (QED) is 0.637. The van der Waals surface area contributed by atoms with Crippen LogP contribution in [0.3, 0.4) is 0 Å². The Labute approximate surface area is 171 Å². The van der Waals surface area contributed by atoms with Gasteiger partial charge in [-0.15, -0.1) is 13.2 Å². The number of nitrogens with zero attached hydrogens (tertiary/aromatic N) is 3. The van der Waals surface area contributed by atoms with Gasteiger partial charge in [0.25, 0.3) is 5.91 Å². The van der Waals surface area contributed by atoms with Crippen LogP contribution >= 0.6 is 11.6 Å². The van der Waals surface area contributed by atoms with Crippen molar-refractivity contribution in [2.24, 2.45) is 0 Å². The van der Waals surface area contributed by atoms with E-state index in [1.54, 1.807) is 4.90 Å². The van der Waals surface area contributed by atoms with Crippen LogP contribution in [-0.2, 0) is 6.18 Å². The maximum atomic E-state index is 12.7. The van der Waals surface area contributed by atoms with Crippen LogP contribution in [0.5, 0.6) is 5.75 Å². The Bertz CT molecular complexity index is 910. The van der Waals surface area contributed by atoms with E-state index in [2.05, 4.69) is 9.72 Å². The van der Waals surface area contributed by atoms with Crippen molar-refractivity contribution in [3.63, 3.8) is 0 Å². The molecule has 1 aliphatic rings. The lowest BCUT2D eigenvalue weighted by Gasteiger charge is -2.35. The highest BCUT2D eigenvalue weighted by Gasteiger charge is 2.33. The van der Waals surface area contributed by atoms with Crippen molar-refractivity contribution in [3.05, 3.63) is 52.7 Å². The first-order chi connectivity index (χ1) is 13.9. The number of hydrogen-bond acceptors (Lipinski definition) is 4. The lowest BCUT2D eigenvalue weighted by Crippen LogP contribution is -2.49. The smallest absolute Gasteiger partial charge is 0.406 e. The number of pyridine rings is 1. The fraction of sp³-hybridized carbons (Fsp3) is 0.333. The summed E-state index contributed by atoms with van der Waals surface area (Å²) in [5, 5.41) is -0.148. The summed E-state index contributed by atoms with van der Waals surface area (Å²) in [5.74, 6) is -0.642. The van der Waals surface area contributed by atoms with E-state index in [-0.39, 0.29) is 48.5 Å². The fourth-order valence-electron chi connectivity index (χ4n) is 2.92. The average Bonchev–Trinajstić information content (AvgIpc) is 2.66. The fourth-order valence-corrected chi connectivity index (χ4v) is 3.21. The van der Waals surface area contributed by atoms with E-state index < -0.39 is 23.9 Å². The molecule has 1 aromatic heterocycles. The van der Waals surface area contributed by atoms with E-state index in [9.17, 15) is 31.1 Å². The van der Waals surface area contributed by atoms with Crippen molar-refractivity contribution in [3.8, 4) is 5.75 Å².